The van der Waals surface area contributed by atoms with Crippen molar-refractivity contribution in [3.05, 3.63) is 48.0 Å². The number of hydrogen-bond donors (Lipinski definition) is 2. The summed E-state index contributed by atoms with van der Waals surface area (Å²) in [5.41, 5.74) is 0.482. The van der Waals surface area contributed by atoms with Crippen molar-refractivity contribution in [2.45, 2.75) is 5.92 Å². The number of carbonyl (C=O) groups excluding carboxylic acids is 1. The van der Waals surface area contributed by atoms with Crippen molar-refractivity contribution in [3.63, 3.8) is 0 Å². The zero-order valence-electron chi connectivity index (χ0n) is 8.83. The summed E-state index contributed by atoms with van der Waals surface area (Å²) in [7, 11) is 0. The summed E-state index contributed by atoms with van der Waals surface area (Å²) in [6, 6.07) is 12.6. The molecule has 0 aromatic heterocycles. The molecule has 0 fully saturated rings. The third kappa shape index (κ3) is 2.17. The van der Waals surface area contributed by atoms with Gasteiger partial charge in [-0.05, 0) is 16.3 Å². The molecule has 1 atom stereocenters. The van der Waals surface area contributed by atoms with E-state index in [9.17, 15) is 9.59 Å². The molecule has 2 rings (SSSR count). The van der Waals surface area contributed by atoms with Gasteiger partial charge in [0.2, 0.25) is 5.12 Å². The highest BCUT2D eigenvalue weighted by Gasteiger charge is 2.27. The van der Waals surface area contributed by atoms with E-state index in [4.69, 9.17) is 5.11 Å². The Morgan fingerprint density at radius 2 is 1.71 bits per heavy atom. The Balaban J connectivity index is 2.69. The molecule has 4 heteroatoms. The molecule has 1 N–H and O–H groups in total. The van der Waals surface area contributed by atoms with Gasteiger partial charge in [0, 0.05) is 0 Å². The molecule has 0 aliphatic heterocycles. The molecule has 3 nitrogen and oxygen atoms in total. The van der Waals surface area contributed by atoms with E-state index in [1.165, 1.54) is 0 Å². The molecule has 86 valence electrons. The maximum absolute atomic E-state index is 11.3. The first kappa shape index (κ1) is 11.7. The van der Waals surface area contributed by atoms with E-state index in [0.29, 0.717) is 5.56 Å². The predicted molar refractivity (Wildman–Crippen MR) is 68.3 cm³/mol. The average molecular weight is 246 g/mol. The van der Waals surface area contributed by atoms with Crippen LogP contribution in [-0.2, 0) is 9.59 Å². The molecule has 2 aromatic rings. The van der Waals surface area contributed by atoms with Crippen molar-refractivity contribution in [3.8, 4) is 0 Å². The number of benzene rings is 2. The Bertz CT molecular complexity index is 573. The van der Waals surface area contributed by atoms with Gasteiger partial charge in [-0.25, -0.2) is 0 Å². The van der Waals surface area contributed by atoms with E-state index in [-0.39, 0.29) is 0 Å². The van der Waals surface area contributed by atoms with Crippen LogP contribution in [0, 0.1) is 0 Å². The minimum absolute atomic E-state index is 0.482. The van der Waals surface area contributed by atoms with Crippen LogP contribution < -0.4 is 0 Å². The van der Waals surface area contributed by atoms with Crippen LogP contribution in [0.2, 0.25) is 0 Å². The second-order valence-corrected chi connectivity index (χ2v) is 4.12. The molecule has 0 saturated heterocycles. The van der Waals surface area contributed by atoms with E-state index in [2.05, 4.69) is 12.6 Å². The molecule has 0 aliphatic carbocycles. The molecule has 0 amide bonds. The maximum atomic E-state index is 11.3. The molecule has 17 heavy (non-hydrogen) atoms. The van der Waals surface area contributed by atoms with Gasteiger partial charge >= 0.3 is 5.97 Å². The number of carboxylic acid groups (broad SMARTS) is 1. The monoisotopic (exact) mass is 246 g/mol. The quantitative estimate of drug-likeness (QED) is 0.646. The van der Waals surface area contributed by atoms with Crippen molar-refractivity contribution < 1.29 is 14.7 Å². The number of carboxylic acids is 1. The number of aliphatic carboxylic acids is 1. The van der Waals surface area contributed by atoms with Crippen LogP contribution in [0.25, 0.3) is 10.8 Å². The summed E-state index contributed by atoms with van der Waals surface area (Å²) in [4.78, 5) is 22.4. The molecule has 0 heterocycles. The first-order valence-electron chi connectivity index (χ1n) is 5.04. The first-order valence-corrected chi connectivity index (χ1v) is 5.49. The van der Waals surface area contributed by atoms with Gasteiger partial charge in [0.1, 0.15) is 0 Å². The molecule has 0 bridgehead atoms. The molecule has 0 radical (unpaired) electrons. The van der Waals surface area contributed by atoms with Crippen LogP contribution in [0.1, 0.15) is 11.5 Å². The number of carbonyl (C=O) groups is 2. The second kappa shape index (κ2) is 4.59. The number of rotatable bonds is 3. The number of fused-ring (bicyclic) bond motifs is 1. The summed E-state index contributed by atoms with van der Waals surface area (Å²) in [6.45, 7) is 0. The largest absolute Gasteiger partial charge is 0.480 e. The van der Waals surface area contributed by atoms with E-state index in [1.54, 1.807) is 18.2 Å². The average Bonchev–Trinajstić information content (AvgIpc) is 2.28. The van der Waals surface area contributed by atoms with Crippen LogP contribution in [-0.4, -0.2) is 16.2 Å². The van der Waals surface area contributed by atoms with Gasteiger partial charge < -0.3 is 5.11 Å². The Morgan fingerprint density at radius 3 is 2.35 bits per heavy atom. The van der Waals surface area contributed by atoms with Gasteiger partial charge in [0.25, 0.3) is 0 Å². The molecule has 0 spiro atoms. The lowest BCUT2D eigenvalue weighted by Gasteiger charge is -2.11. The van der Waals surface area contributed by atoms with E-state index in [1.807, 2.05) is 24.3 Å². The summed E-state index contributed by atoms with van der Waals surface area (Å²) in [5, 5.41) is 10.1. The van der Waals surface area contributed by atoms with E-state index >= 15 is 0 Å². The van der Waals surface area contributed by atoms with Crippen molar-refractivity contribution >= 4 is 34.5 Å². The Kier molecular flexibility index (Phi) is 3.15. The van der Waals surface area contributed by atoms with Crippen LogP contribution in [0.3, 0.4) is 0 Å². The maximum Gasteiger partial charge on any atom is 0.319 e. The smallest absolute Gasteiger partial charge is 0.319 e. The van der Waals surface area contributed by atoms with Crippen molar-refractivity contribution in [1.29, 1.82) is 0 Å². The van der Waals surface area contributed by atoms with Crippen LogP contribution in [0.4, 0.5) is 0 Å². The van der Waals surface area contributed by atoms with Crippen LogP contribution in [0.15, 0.2) is 42.5 Å². The van der Waals surface area contributed by atoms with Crippen LogP contribution >= 0.6 is 12.6 Å². The lowest BCUT2D eigenvalue weighted by atomic mass is 9.94. The zero-order chi connectivity index (χ0) is 12.4. The lowest BCUT2D eigenvalue weighted by Crippen LogP contribution is -2.18. The normalized spacial score (nSPS) is 12.3. The minimum Gasteiger partial charge on any atom is -0.480 e. The van der Waals surface area contributed by atoms with Crippen molar-refractivity contribution in [2.24, 2.45) is 0 Å². The summed E-state index contributed by atoms with van der Waals surface area (Å²) in [6.07, 6.45) is 0. The van der Waals surface area contributed by atoms with Gasteiger partial charge in [-0.15, -0.1) is 12.6 Å². The SMILES string of the molecule is O=C(O)C(C(=O)S)c1cccc2ccccc12. The Labute approximate surface area is 103 Å². The molecular formula is C13H10O3S. The molecular weight excluding hydrogens is 236 g/mol. The summed E-state index contributed by atoms with van der Waals surface area (Å²) >= 11 is 3.65. The fraction of sp³-hybridized carbons (Fsp3) is 0.0769. The van der Waals surface area contributed by atoms with Gasteiger partial charge in [-0.3, -0.25) is 9.59 Å². The fourth-order valence-corrected chi connectivity index (χ4v) is 2.12. The third-order valence-electron chi connectivity index (χ3n) is 2.63. The Hall–Kier alpha value is -1.81. The molecule has 0 aliphatic rings. The standard InChI is InChI=1S/C13H10O3S/c14-12(15)11(13(16)17)10-7-3-5-8-4-1-2-6-9(8)10/h1-7,11H,(H,14,15)(H,16,17). The van der Waals surface area contributed by atoms with Gasteiger partial charge in [0.05, 0.1) is 0 Å². The molecule has 2 aromatic carbocycles. The highest BCUT2D eigenvalue weighted by atomic mass is 32.1. The fourth-order valence-electron chi connectivity index (χ4n) is 1.87. The zero-order valence-corrected chi connectivity index (χ0v) is 9.72. The topological polar surface area (TPSA) is 54.4 Å². The van der Waals surface area contributed by atoms with Gasteiger partial charge in [-0.1, -0.05) is 42.5 Å². The predicted octanol–water partition coefficient (Wildman–Crippen LogP) is 2.46. The van der Waals surface area contributed by atoms with Crippen LogP contribution in [0.5, 0.6) is 0 Å². The van der Waals surface area contributed by atoms with E-state index < -0.39 is 17.0 Å². The van der Waals surface area contributed by atoms with Crippen molar-refractivity contribution in [1.82, 2.24) is 0 Å². The minimum atomic E-state index is -1.22. The highest BCUT2D eigenvalue weighted by Crippen LogP contribution is 2.27. The van der Waals surface area contributed by atoms with Gasteiger partial charge in [-0.2, -0.15) is 0 Å². The number of hydrogen-bond acceptors (Lipinski definition) is 2. The Morgan fingerprint density at radius 1 is 1.06 bits per heavy atom. The number of thiol groups is 1. The highest BCUT2D eigenvalue weighted by molar-refractivity contribution is 7.96. The third-order valence-corrected chi connectivity index (χ3v) is 2.89. The second-order valence-electron chi connectivity index (χ2n) is 3.68. The van der Waals surface area contributed by atoms with Crippen molar-refractivity contribution in [2.75, 3.05) is 0 Å². The lowest BCUT2D eigenvalue weighted by molar-refractivity contribution is -0.140. The molecule has 0 saturated carbocycles. The van der Waals surface area contributed by atoms with Gasteiger partial charge in [0.15, 0.2) is 5.92 Å². The van der Waals surface area contributed by atoms with E-state index in [0.717, 1.165) is 10.8 Å². The summed E-state index contributed by atoms with van der Waals surface area (Å²) < 4.78 is 0. The summed E-state index contributed by atoms with van der Waals surface area (Å²) in [5.74, 6) is -2.40. The molecule has 1 unspecified atom stereocenters. The first-order chi connectivity index (χ1) is 8.11.